The van der Waals surface area contributed by atoms with Crippen LogP contribution >= 0.6 is 0 Å². The minimum absolute atomic E-state index is 0.211. The first kappa shape index (κ1) is 22.4. The Kier molecular flexibility index (Phi) is 6.72. The zero-order valence-corrected chi connectivity index (χ0v) is 19.5. The highest BCUT2D eigenvalue weighted by atomic mass is 19.1. The monoisotopic (exact) mass is 455 g/mol. The van der Waals surface area contributed by atoms with Crippen molar-refractivity contribution in [2.45, 2.75) is 13.3 Å². The molecule has 0 amide bonds. The number of ether oxygens (including phenoxy) is 1. The number of aromatic amines is 1. The summed E-state index contributed by atoms with van der Waals surface area (Å²) in [7, 11) is 0. The fourth-order valence-electron chi connectivity index (χ4n) is 4.75. The number of halogens is 1. The van der Waals surface area contributed by atoms with Crippen LogP contribution in [0.25, 0.3) is 22.0 Å². The molecular formula is C29H30FN3O. The summed E-state index contributed by atoms with van der Waals surface area (Å²) in [4.78, 5) is 2.23. The van der Waals surface area contributed by atoms with Crippen molar-refractivity contribution >= 4 is 22.0 Å². The lowest BCUT2D eigenvalue weighted by Gasteiger charge is -2.37. The maximum atomic E-state index is 12.6. The van der Waals surface area contributed by atoms with Crippen LogP contribution in [0.1, 0.15) is 30.0 Å². The minimum Gasteiger partial charge on any atom is -0.492 e. The SMILES string of the molecule is CC/C(=C(/c1ccc(OCCN2CC(CF)C2)cc1)c1ccc2[nH]ncc2c1)c1ccccc1. The van der Waals surface area contributed by atoms with Gasteiger partial charge in [0.15, 0.2) is 0 Å². The van der Waals surface area contributed by atoms with Crippen LogP contribution in [0, 0.1) is 5.92 Å². The summed E-state index contributed by atoms with van der Waals surface area (Å²) in [5.74, 6) is 1.07. The molecule has 5 heteroatoms. The Labute approximate surface area is 200 Å². The summed E-state index contributed by atoms with van der Waals surface area (Å²) in [6.45, 7) is 5.12. The van der Waals surface area contributed by atoms with Gasteiger partial charge < -0.3 is 4.74 Å². The van der Waals surface area contributed by atoms with E-state index in [1.807, 2.05) is 18.3 Å². The highest BCUT2D eigenvalue weighted by Gasteiger charge is 2.25. The van der Waals surface area contributed by atoms with Gasteiger partial charge in [0.05, 0.1) is 18.4 Å². The third-order valence-electron chi connectivity index (χ3n) is 6.58. The fourth-order valence-corrected chi connectivity index (χ4v) is 4.75. The first-order valence-corrected chi connectivity index (χ1v) is 12.0. The van der Waals surface area contributed by atoms with Crippen molar-refractivity contribution in [1.29, 1.82) is 0 Å². The Morgan fingerprint density at radius 1 is 1.00 bits per heavy atom. The van der Waals surface area contributed by atoms with E-state index < -0.39 is 0 Å². The van der Waals surface area contributed by atoms with E-state index in [2.05, 4.69) is 82.7 Å². The largest absolute Gasteiger partial charge is 0.492 e. The second-order valence-electron chi connectivity index (χ2n) is 8.90. The van der Waals surface area contributed by atoms with Gasteiger partial charge in [-0.1, -0.05) is 55.5 Å². The van der Waals surface area contributed by atoms with Crippen LogP contribution in [0.5, 0.6) is 5.75 Å². The number of likely N-dealkylation sites (tertiary alicyclic amines) is 1. The number of H-pyrrole nitrogens is 1. The van der Waals surface area contributed by atoms with Crippen molar-refractivity contribution < 1.29 is 9.13 Å². The van der Waals surface area contributed by atoms with Crippen LogP contribution in [-0.2, 0) is 0 Å². The molecule has 5 rings (SSSR count). The normalized spacial score (nSPS) is 15.2. The number of benzene rings is 3. The standard InChI is InChI=1S/C29H30FN3O/c1-2-27(22-6-4-3-5-7-22)29(24-10-13-28-25(16-24)18-31-32-28)23-8-11-26(12-9-23)34-15-14-33-19-21(17-30)20-33/h3-13,16,18,21H,2,14-15,17,19-20H2,1H3,(H,31,32)/b29-27+. The Bertz CT molecular complexity index is 1260. The van der Waals surface area contributed by atoms with Gasteiger partial charge in [0.25, 0.3) is 0 Å². The van der Waals surface area contributed by atoms with E-state index in [1.54, 1.807) is 0 Å². The number of alkyl halides is 1. The molecule has 174 valence electrons. The molecule has 0 atom stereocenters. The second kappa shape index (κ2) is 10.2. The lowest BCUT2D eigenvalue weighted by molar-refractivity contribution is 0.0668. The molecule has 1 aromatic heterocycles. The number of nitrogens with one attached hydrogen (secondary N) is 1. The van der Waals surface area contributed by atoms with Gasteiger partial charge in [-0.3, -0.25) is 14.4 Å². The van der Waals surface area contributed by atoms with Crippen LogP contribution in [0.15, 0.2) is 79.0 Å². The molecule has 4 nitrogen and oxygen atoms in total. The molecule has 0 aliphatic carbocycles. The Hall–Kier alpha value is -3.44. The van der Waals surface area contributed by atoms with Crippen molar-refractivity contribution in [3.8, 4) is 5.75 Å². The molecule has 1 saturated heterocycles. The second-order valence-corrected chi connectivity index (χ2v) is 8.90. The van der Waals surface area contributed by atoms with E-state index in [4.69, 9.17) is 4.74 Å². The van der Waals surface area contributed by atoms with Gasteiger partial charge in [-0.05, 0) is 58.5 Å². The average molecular weight is 456 g/mol. The smallest absolute Gasteiger partial charge is 0.119 e. The van der Waals surface area contributed by atoms with Crippen LogP contribution in [0.2, 0.25) is 0 Å². The maximum absolute atomic E-state index is 12.6. The number of hydrogen-bond acceptors (Lipinski definition) is 3. The molecular weight excluding hydrogens is 425 g/mol. The van der Waals surface area contributed by atoms with Gasteiger partial charge in [0.1, 0.15) is 12.4 Å². The third-order valence-corrected chi connectivity index (χ3v) is 6.58. The molecule has 34 heavy (non-hydrogen) atoms. The zero-order chi connectivity index (χ0) is 23.3. The summed E-state index contributed by atoms with van der Waals surface area (Å²) in [5.41, 5.74) is 7.12. The van der Waals surface area contributed by atoms with Crippen molar-refractivity contribution in [3.05, 3.63) is 95.7 Å². The lowest BCUT2D eigenvalue weighted by Crippen LogP contribution is -2.49. The highest BCUT2D eigenvalue weighted by molar-refractivity contribution is 6.00. The van der Waals surface area contributed by atoms with Gasteiger partial charge in [-0.25, -0.2) is 0 Å². The predicted molar refractivity (Wildman–Crippen MR) is 137 cm³/mol. The maximum Gasteiger partial charge on any atom is 0.119 e. The van der Waals surface area contributed by atoms with E-state index in [1.165, 1.54) is 22.3 Å². The van der Waals surface area contributed by atoms with Gasteiger partial charge >= 0.3 is 0 Å². The number of aromatic nitrogens is 2. The zero-order valence-electron chi connectivity index (χ0n) is 19.5. The molecule has 1 aliphatic heterocycles. The lowest BCUT2D eigenvalue weighted by atomic mass is 9.88. The molecule has 0 spiro atoms. The molecule has 0 saturated carbocycles. The van der Waals surface area contributed by atoms with Crippen LogP contribution in [0.4, 0.5) is 4.39 Å². The molecule has 1 fully saturated rings. The molecule has 1 aliphatic rings. The third kappa shape index (κ3) is 4.75. The van der Waals surface area contributed by atoms with Crippen LogP contribution in [0.3, 0.4) is 0 Å². The van der Waals surface area contributed by atoms with Gasteiger partial charge in [0, 0.05) is 30.9 Å². The van der Waals surface area contributed by atoms with E-state index >= 15 is 0 Å². The number of rotatable bonds is 9. The van der Waals surface area contributed by atoms with Crippen LogP contribution < -0.4 is 4.74 Å². The minimum atomic E-state index is -0.217. The van der Waals surface area contributed by atoms with E-state index in [0.29, 0.717) is 6.61 Å². The molecule has 0 bridgehead atoms. The van der Waals surface area contributed by atoms with E-state index in [-0.39, 0.29) is 12.6 Å². The average Bonchev–Trinajstić information content (AvgIpc) is 3.33. The van der Waals surface area contributed by atoms with Gasteiger partial charge in [-0.15, -0.1) is 0 Å². The van der Waals surface area contributed by atoms with Crippen LogP contribution in [-0.4, -0.2) is 48.0 Å². The fraction of sp³-hybridized carbons (Fsp3) is 0.276. The van der Waals surface area contributed by atoms with Crippen molar-refractivity contribution in [1.82, 2.24) is 15.1 Å². The summed E-state index contributed by atoms with van der Waals surface area (Å²) < 4.78 is 18.6. The summed E-state index contributed by atoms with van der Waals surface area (Å²) in [5, 5.41) is 8.33. The molecule has 0 unspecified atom stereocenters. The summed E-state index contributed by atoms with van der Waals surface area (Å²) in [6, 6.07) is 25.4. The van der Waals surface area contributed by atoms with Crippen molar-refractivity contribution in [2.75, 3.05) is 32.9 Å². The number of fused-ring (bicyclic) bond motifs is 1. The Morgan fingerprint density at radius 2 is 1.76 bits per heavy atom. The van der Waals surface area contributed by atoms with E-state index in [0.717, 1.165) is 48.3 Å². The molecule has 0 radical (unpaired) electrons. The number of allylic oxidation sites excluding steroid dienone is 1. The molecule has 1 N–H and O–H groups in total. The quantitative estimate of drug-likeness (QED) is 0.305. The van der Waals surface area contributed by atoms with Crippen molar-refractivity contribution in [2.24, 2.45) is 5.92 Å². The summed E-state index contributed by atoms with van der Waals surface area (Å²) in [6.07, 6.45) is 2.78. The van der Waals surface area contributed by atoms with Gasteiger partial charge in [-0.2, -0.15) is 5.10 Å². The first-order chi connectivity index (χ1) is 16.7. The van der Waals surface area contributed by atoms with Crippen molar-refractivity contribution in [3.63, 3.8) is 0 Å². The summed E-state index contributed by atoms with van der Waals surface area (Å²) >= 11 is 0. The molecule has 2 heterocycles. The first-order valence-electron chi connectivity index (χ1n) is 12.0. The number of nitrogens with zero attached hydrogens (tertiary/aromatic N) is 2. The van der Waals surface area contributed by atoms with Gasteiger partial charge in [0.2, 0.25) is 0 Å². The topological polar surface area (TPSA) is 41.1 Å². The predicted octanol–water partition coefficient (Wildman–Crippen LogP) is 6.21. The molecule has 3 aromatic carbocycles. The molecule has 4 aromatic rings. The number of hydrogen-bond donors (Lipinski definition) is 1. The van der Waals surface area contributed by atoms with E-state index in [9.17, 15) is 4.39 Å². The highest BCUT2D eigenvalue weighted by Crippen LogP contribution is 2.36. The Balaban J connectivity index is 1.43. The Morgan fingerprint density at radius 3 is 2.50 bits per heavy atom.